The van der Waals surface area contributed by atoms with Crippen molar-refractivity contribution in [3.05, 3.63) is 51.7 Å². The number of nitrogens with zero attached hydrogens (tertiary/aromatic N) is 1. The summed E-state index contributed by atoms with van der Waals surface area (Å²) in [7, 11) is 0. The van der Waals surface area contributed by atoms with Crippen molar-refractivity contribution in [2.24, 2.45) is 0 Å². The minimum absolute atomic E-state index is 0.140. The number of amides is 2. The molecule has 1 aliphatic heterocycles. The number of thiophene rings is 1. The van der Waals surface area contributed by atoms with Gasteiger partial charge in [-0.05, 0) is 35.7 Å². The predicted octanol–water partition coefficient (Wildman–Crippen LogP) is 1.84. The Bertz CT molecular complexity index is 670. The first-order chi connectivity index (χ1) is 10.6. The number of hydrogen-bond donors (Lipinski definition) is 1. The number of halogens is 1. The molecule has 0 saturated carbocycles. The Morgan fingerprint density at radius 1 is 1.23 bits per heavy atom. The highest BCUT2D eigenvalue weighted by Gasteiger charge is 2.41. The minimum atomic E-state index is -0.317. The second-order valence-electron chi connectivity index (χ2n) is 5.21. The Hall–Kier alpha value is -1.69. The van der Waals surface area contributed by atoms with Gasteiger partial charge in [0.15, 0.2) is 6.04 Å². The van der Waals surface area contributed by atoms with Gasteiger partial charge in [0.05, 0.1) is 18.7 Å². The van der Waals surface area contributed by atoms with Gasteiger partial charge in [0, 0.05) is 16.3 Å². The van der Waals surface area contributed by atoms with E-state index in [0.29, 0.717) is 10.7 Å². The van der Waals surface area contributed by atoms with E-state index in [4.69, 9.17) is 11.6 Å². The molecule has 3 rings (SSSR count). The van der Waals surface area contributed by atoms with Crippen molar-refractivity contribution in [2.45, 2.75) is 18.9 Å². The molecule has 1 saturated heterocycles. The van der Waals surface area contributed by atoms with Crippen LogP contribution in [0.15, 0.2) is 41.8 Å². The maximum absolute atomic E-state index is 12.4. The fourth-order valence-corrected chi connectivity index (χ4v) is 3.43. The zero-order valence-electron chi connectivity index (χ0n) is 11.9. The minimum Gasteiger partial charge on any atom is -0.335 e. The zero-order valence-corrected chi connectivity index (χ0v) is 13.4. The molecule has 0 radical (unpaired) electrons. The average Bonchev–Trinajstić information content (AvgIpc) is 3.10. The van der Waals surface area contributed by atoms with Crippen LogP contribution in [0, 0.1) is 0 Å². The van der Waals surface area contributed by atoms with E-state index >= 15 is 0 Å². The number of anilines is 1. The number of rotatable bonds is 5. The van der Waals surface area contributed by atoms with Gasteiger partial charge in [-0.3, -0.25) is 9.59 Å². The molecule has 6 heteroatoms. The summed E-state index contributed by atoms with van der Waals surface area (Å²) in [6.45, 7) is 0.804. The second-order valence-corrected chi connectivity index (χ2v) is 6.68. The zero-order chi connectivity index (χ0) is 15.5. The first-order valence-electron chi connectivity index (χ1n) is 7.13. The summed E-state index contributed by atoms with van der Waals surface area (Å²) in [5.41, 5.74) is 0.591. The van der Waals surface area contributed by atoms with Crippen molar-refractivity contribution < 1.29 is 14.9 Å². The maximum atomic E-state index is 12.4. The van der Waals surface area contributed by atoms with Crippen LogP contribution in [0.4, 0.5) is 5.69 Å². The molecular formula is C16H16ClN2O2S+. The third-order valence-electron chi connectivity index (χ3n) is 3.69. The SMILES string of the molecule is O=C1C[C@@H]([NH2+]CCc2cccs2)C(=O)N1c1ccc(Cl)cc1. The van der Waals surface area contributed by atoms with Crippen LogP contribution in [-0.4, -0.2) is 24.4 Å². The monoisotopic (exact) mass is 335 g/mol. The van der Waals surface area contributed by atoms with Crippen molar-refractivity contribution in [2.75, 3.05) is 11.4 Å². The number of carbonyl (C=O) groups excluding carboxylic acids is 2. The number of carbonyl (C=O) groups is 2. The highest BCUT2D eigenvalue weighted by molar-refractivity contribution is 7.09. The van der Waals surface area contributed by atoms with E-state index in [9.17, 15) is 9.59 Å². The van der Waals surface area contributed by atoms with Gasteiger partial charge >= 0.3 is 0 Å². The van der Waals surface area contributed by atoms with Crippen molar-refractivity contribution >= 4 is 40.4 Å². The number of imide groups is 1. The van der Waals surface area contributed by atoms with Gasteiger partial charge < -0.3 is 5.32 Å². The second kappa shape index (κ2) is 6.60. The molecule has 1 aromatic heterocycles. The molecule has 1 aromatic carbocycles. The summed E-state index contributed by atoms with van der Waals surface area (Å²) >= 11 is 7.55. The molecule has 0 aliphatic carbocycles. The molecule has 1 atom stereocenters. The van der Waals surface area contributed by atoms with Crippen LogP contribution < -0.4 is 10.2 Å². The first kappa shape index (κ1) is 15.2. The van der Waals surface area contributed by atoms with E-state index < -0.39 is 0 Å². The molecule has 2 aromatic rings. The van der Waals surface area contributed by atoms with Gasteiger partial charge in [-0.15, -0.1) is 11.3 Å². The average molecular weight is 336 g/mol. The Morgan fingerprint density at radius 2 is 2.00 bits per heavy atom. The summed E-state index contributed by atoms with van der Waals surface area (Å²) in [4.78, 5) is 27.1. The van der Waals surface area contributed by atoms with E-state index in [1.807, 2.05) is 16.8 Å². The standard InChI is InChI=1S/C16H15ClN2O2S/c17-11-3-5-12(6-4-11)19-15(20)10-14(16(19)21)18-8-7-13-2-1-9-22-13/h1-6,9,14,18H,7-8,10H2/p+1/t14-/m1/s1. The number of nitrogens with two attached hydrogens (primary N) is 1. The number of hydrogen-bond acceptors (Lipinski definition) is 3. The van der Waals surface area contributed by atoms with E-state index in [-0.39, 0.29) is 24.3 Å². The van der Waals surface area contributed by atoms with Gasteiger partial charge in [-0.25, -0.2) is 4.90 Å². The molecule has 4 nitrogen and oxygen atoms in total. The molecule has 0 unspecified atom stereocenters. The molecule has 2 amide bonds. The summed E-state index contributed by atoms with van der Waals surface area (Å²) < 4.78 is 0. The van der Waals surface area contributed by atoms with Crippen LogP contribution >= 0.6 is 22.9 Å². The van der Waals surface area contributed by atoms with Crippen molar-refractivity contribution in [1.82, 2.24) is 0 Å². The van der Waals surface area contributed by atoms with E-state index in [1.54, 1.807) is 35.6 Å². The lowest BCUT2D eigenvalue weighted by Gasteiger charge is -2.14. The van der Waals surface area contributed by atoms with Crippen LogP contribution in [0.2, 0.25) is 5.02 Å². The van der Waals surface area contributed by atoms with Gasteiger partial charge in [-0.2, -0.15) is 0 Å². The highest BCUT2D eigenvalue weighted by atomic mass is 35.5. The molecule has 1 aliphatic rings. The van der Waals surface area contributed by atoms with Crippen molar-refractivity contribution in [3.8, 4) is 0 Å². The summed E-state index contributed by atoms with van der Waals surface area (Å²) in [5, 5.41) is 4.60. The number of quaternary nitrogens is 1. The molecule has 22 heavy (non-hydrogen) atoms. The van der Waals surface area contributed by atoms with Crippen molar-refractivity contribution in [1.29, 1.82) is 0 Å². The molecule has 2 N–H and O–H groups in total. The summed E-state index contributed by atoms with van der Waals surface area (Å²) in [6, 6.07) is 10.6. The summed E-state index contributed by atoms with van der Waals surface area (Å²) in [6.07, 6.45) is 1.17. The van der Waals surface area contributed by atoms with Crippen LogP contribution in [0.3, 0.4) is 0 Å². The van der Waals surface area contributed by atoms with Gasteiger partial charge in [0.1, 0.15) is 0 Å². The first-order valence-corrected chi connectivity index (χ1v) is 8.39. The van der Waals surface area contributed by atoms with Crippen LogP contribution in [0.5, 0.6) is 0 Å². The van der Waals surface area contributed by atoms with E-state index in [1.165, 1.54) is 9.78 Å². The fourth-order valence-electron chi connectivity index (χ4n) is 2.58. The smallest absolute Gasteiger partial charge is 0.292 e. The van der Waals surface area contributed by atoms with E-state index in [0.717, 1.165) is 13.0 Å². The Kier molecular flexibility index (Phi) is 4.57. The maximum Gasteiger partial charge on any atom is 0.292 e. The molecule has 1 fully saturated rings. The Morgan fingerprint density at radius 3 is 2.68 bits per heavy atom. The van der Waals surface area contributed by atoms with Gasteiger partial charge in [0.2, 0.25) is 5.91 Å². The van der Waals surface area contributed by atoms with Crippen LogP contribution in [0.1, 0.15) is 11.3 Å². The lowest BCUT2D eigenvalue weighted by Crippen LogP contribution is -2.92. The fraction of sp³-hybridized carbons (Fsp3) is 0.250. The van der Waals surface area contributed by atoms with E-state index in [2.05, 4.69) is 6.07 Å². The van der Waals surface area contributed by atoms with Gasteiger partial charge in [-0.1, -0.05) is 17.7 Å². The lowest BCUT2D eigenvalue weighted by molar-refractivity contribution is -0.674. The quantitative estimate of drug-likeness (QED) is 0.848. The largest absolute Gasteiger partial charge is 0.335 e. The Balaban J connectivity index is 1.62. The summed E-state index contributed by atoms with van der Waals surface area (Å²) in [5.74, 6) is -0.289. The van der Waals surface area contributed by atoms with Crippen LogP contribution in [-0.2, 0) is 16.0 Å². The van der Waals surface area contributed by atoms with Crippen LogP contribution in [0.25, 0.3) is 0 Å². The lowest BCUT2D eigenvalue weighted by atomic mass is 10.2. The molecule has 0 bridgehead atoms. The Labute approximate surface area is 137 Å². The molecule has 114 valence electrons. The third kappa shape index (κ3) is 3.21. The molecule has 0 spiro atoms. The highest BCUT2D eigenvalue weighted by Crippen LogP contribution is 2.23. The topological polar surface area (TPSA) is 54.0 Å². The predicted molar refractivity (Wildman–Crippen MR) is 87.2 cm³/mol. The number of benzene rings is 1. The molecular weight excluding hydrogens is 320 g/mol. The third-order valence-corrected chi connectivity index (χ3v) is 4.88. The van der Waals surface area contributed by atoms with Crippen molar-refractivity contribution in [3.63, 3.8) is 0 Å². The van der Waals surface area contributed by atoms with Gasteiger partial charge in [0.25, 0.3) is 5.91 Å². The normalized spacial score (nSPS) is 18.2. The molecule has 2 heterocycles.